The van der Waals surface area contributed by atoms with Crippen LogP contribution in [0.4, 0.5) is 15.8 Å². The molecule has 0 aliphatic rings. The molecular formula is C22H17ClFN3O4S. The Morgan fingerprint density at radius 3 is 2.50 bits per heavy atom. The lowest BCUT2D eigenvalue weighted by Gasteiger charge is -2.14. The van der Waals surface area contributed by atoms with E-state index in [0.717, 1.165) is 29.7 Å². The number of hydrogen-bond acceptors (Lipinski definition) is 4. The number of benzene rings is 3. The minimum atomic E-state index is -4.01. The Bertz CT molecular complexity index is 1420. The molecule has 164 valence electrons. The lowest BCUT2D eigenvalue weighted by molar-refractivity contribution is 0.102. The molecule has 0 radical (unpaired) electrons. The number of rotatable bonds is 6. The number of sulfonamides is 1. The Labute approximate surface area is 188 Å². The number of methoxy groups -OCH3 is 1. The molecule has 0 spiro atoms. The summed E-state index contributed by atoms with van der Waals surface area (Å²) in [6.45, 7) is 0. The van der Waals surface area contributed by atoms with E-state index in [1.807, 2.05) is 0 Å². The van der Waals surface area contributed by atoms with Gasteiger partial charge in [-0.25, -0.2) is 12.8 Å². The lowest BCUT2D eigenvalue weighted by Crippen LogP contribution is -2.15. The van der Waals surface area contributed by atoms with Crippen LogP contribution in [0, 0.1) is 5.82 Å². The summed E-state index contributed by atoms with van der Waals surface area (Å²) in [5.74, 6) is -0.728. The topological polar surface area (TPSA) is 100 Å². The van der Waals surface area contributed by atoms with Gasteiger partial charge in [0.05, 0.1) is 17.7 Å². The molecular weight excluding hydrogens is 457 g/mol. The van der Waals surface area contributed by atoms with Gasteiger partial charge in [-0.3, -0.25) is 9.52 Å². The van der Waals surface area contributed by atoms with Crippen LogP contribution in [0.15, 0.2) is 71.6 Å². The molecule has 7 nitrogen and oxygen atoms in total. The lowest BCUT2D eigenvalue weighted by atomic mass is 10.2. The van der Waals surface area contributed by atoms with E-state index in [1.54, 1.807) is 30.3 Å². The summed E-state index contributed by atoms with van der Waals surface area (Å²) in [4.78, 5) is 15.6. The first-order chi connectivity index (χ1) is 15.2. The van der Waals surface area contributed by atoms with Gasteiger partial charge in [0.2, 0.25) is 0 Å². The highest BCUT2D eigenvalue weighted by atomic mass is 35.5. The van der Waals surface area contributed by atoms with Gasteiger partial charge in [-0.05, 0) is 60.7 Å². The van der Waals surface area contributed by atoms with E-state index in [-0.39, 0.29) is 16.3 Å². The number of fused-ring (bicyclic) bond motifs is 1. The third-order valence-corrected chi connectivity index (χ3v) is 6.27. The molecule has 0 saturated heterocycles. The van der Waals surface area contributed by atoms with E-state index >= 15 is 0 Å². The maximum Gasteiger partial charge on any atom is 0.272 e. The number of H-pyrrole nitrogens is 1. The van der Waals surface area contributed by atoms with Crippen molar-refractivity contribution in [1.29, 1.82) is 0 Å². The normalized spacial score (nSPS) is 11.3. The molecule has 0 atom stereocenters. The van der Waals surface area contributed by atoms with Crippen molar-refractivity contribution in [2.45, 2.75) is 4.90 Å². The molecule has 0 fully saturated rings. The number of nitrogens with one attached hydrogen (secondary N) is 3. The molecule has 3 N–H and O–H groups in total. The Balaban J connectivity index is 1.59. The Morgan fingerprint density at radius 1 is 1.03 bits per heavy atom. The first-order valence-corrected chi connectivity index (χ1v) is 11.2. The Hall–Kier alpha value is -3.56. The van der Waals surface area contributed by atoms with Gasteiger partial charge in [0.1, 0.15) is 17.3 Å². The maximum absolute atomic E-state index is 13.1. The number of ether oxygens (including phenoxy) is 1. The standard InChI is InChI=1S/C22H17ClFN3O4S/c1-31-21-9-6-16(12-19(21)27-32(29,30)17-7-4-15(24)5-8-17)25-22(28)20-10-13-2-3-14(23)11-18(13)26-20/h2-12,26-27H,1H3,(H,25,28). The number of aromatic amines is 1. The molecule has 4 aromatic rings. The molecule has 32 heavy (non-hydrogen) atoms. The van der Waals surface area contributed by atoms with Crippen molar-refractivity contribution in [2.24, 2.45) is 0 Å². The van der Waals surface area contributed by atoms with Gasteiger partial charge in [0.25, 0.3) is 15.9 Å². The van der Waals surface area contributed by atoms with Crippen molar-refractivity contribution >= 4 is 49.8 Å². The van der Waals surface area contributed by atoms with Crippen LogP contribution >= 0.6 is 11.6 Å². The zero-order valence-electron chi connectivity index (χ0n) is 16.6. The summed E-state index contributed by atoms with van der Waals surface area (Å²) < 4.78 is 46.1. The van der Waals surface area contributed by atoms with Gasteiger partial charge in [0.15, 0.2) is 0 Å². The van der Waals surface area contributed by atoms with Crippen molar-refractivity contribution in [2.75, 3.05) is 17.1 Å². The summed E-state index contributed by atoms with van der Waals surface area (Å²) in [6, 6.07) is 15.8. The molecule has 0 saturated carbocycles. The summed E-state index contributed by atoms with van der Waals surface area (Å²) >= 11 is 5.98. The number of halogens is 2. The average Bonchev–Trinajstić information content (AvgIpc) is 3.17. The van der Waals surface area contributed by atoms with Gasteiger partial charge in [-0.2, -0.15) is 0 Å². The number of aromatic nitrogens is 1. The number of hydrogen-bond donors (Lipinski definition) is 3. The molecule has 0 aliphatic carbocycles. The summed E-state index contributed by atoms with van der Waals surface area (Å²) in [5.41, 5.74) is 1.47. The zero-order chi connectivity index (χ0) is 22.9. The van der Waals surface area contributed by atoms with Crippen LogP contribution < -0.4 is 14.8 Å². The van der Waals surface area contributed by atoms with E-state index < -0.39 is 21.7 Å². The molecule has 1 amide bonds. The third kappa shape index (κ3) is 4.53. The fraction of sp³-hybridized carbons (Fsp3) is 0.0455. The summed E-state index contributed by atoms with van der Waals surface area (Å²) in [6.07, 6.45) is 0. The quantitative estimate of drug-likeness (QED) is 0.366. The molecule has 3 aromatic carbocycles. The molecule has 10 heteroatoms. The Morgan fingerprint density at radius 2 is 1.78 bits per heavy atom. The second-order valence-corrected chi connectivity index (χ2v) is 8.96. The van der Waals surface area contributed by atoms with E-state index in [0.29, 0.717) is 21.9 Å². The average molecular weight is 474 g/mol. The van der Waals surface area contributed by atoms with Crippen molar-refractivity contribution in [3.63, 3.8) is 0 Å². The van der Waals surface area contributed by atoms with Crippen LogP contribution in [0.3, 0.4) is 0 Å². The van der Waals surface area contributed by atoms with E-state index in [1.165, 1.54) is 19.2 Å². The van der Waals surface area contributed by atoms with Crippen LogP contribution in [0.25, 0.3) is 10.9 Å². The van der Waals surface area contributed by atoms with Crippen LogP contribution in [0.1, 0.15) is 10.5 Å². The fourth-order valence-corrected chi connectivity index (χ4v) is 4.34. The van der Waals surface area contributed by atoms with E-state index in [9.17, 15) is 17.6 Å². The van der Waals surface area contributed by atoms with Crippen LogP contribution in [-0.4, -0.2) is 26.4 Å². The van der Waals surface area contributed by atoms with Crippen molar-refractivity contribution in [1.82, 2.24) is 4.98 Å². The smallest absolute Gasteiger partial charge is 0.272 e. The highest BCUT2D eigenvalue weighted by molar-refractivity contribution is 7.92. The van der Waals surface area contributed by atoms with Gasteiger partial charge >= 0.3 is 0 Å². The van der Waals surface area contributed by atoms with E-state index in [4.69, 9.17) is 16.3 Å². The molecule has 0 aliphatic heterocycles. The molecule has 0 unspecified atom stereocenters. The molecule has 4 rings (SSSR count). The minimum Gasteiger partial charge on any atom is -0.495 e. The van der Waals surface area contributed by atoms with Crippen LogP contribution in [0.5, 0.6) is 5.75 Å². The second-order valence-electron chi connectivity index (χ2n) is 6.84. The highest BCUT2D eigenvalue weighted by Crippen LogP contribution is 2.30. The first kappa shape index (κ1) is 21.7. The minimum absolute atomic E-state index is 0.109. The van der Waals surface area contributed by atoms with E-state index in [2.05, 4.69) is 15.0 Å². The number of carbonyl (C=O) groups excluding carboxylic acids is 1. The van der Waals surface area contributed by atoms with Gasteiger partial charge in [-0.15, -0.1) is 0 Å². The number of anilines is 2. The zero-order valence-corrected chi connectivity index (χ0v) is 18.2. The van der Waals surface area contributed by atoms with Crippen molar-refractivity contribution in [3.05, 3.63) is 83.3 Å². The third-order valence-electron chi connectivity index (χ3n) is 4.65. The number of amides is 1. The van der Waals surface area contributed by atoms with Crippen LogP contribution in [0.2, 0.25) is 5.02 Å². The van der Waals surface area contributed by atoms with Crippen LogP contribution in [-0.2, 0) is 10.0 Å². The summed E-state index contributed by atoms with van der Waals surface area (Å²) in [5, 5.41) is 4.08. The van der Waals surface area contributed by atoms with Gasteiger partial charge < -0.3 is 15.0 Å². The Kier molecular flexibility index (Phi) is 5.77. The SMILES string of the molecule is COc1ccc(NC(=O)c2cc3ccc(Cl)cc3[nH]2)cc1NS(=O)(=O)c1ccc(F)cc1. The molecule has 0 bridgehead atoms. The highest BCUT2D eigenvalue weighted by Gasteiger charge is 2.18. The molecule has 1 aromatic heterocycles. The van der Waals surface area contributed by atoms with Crippen molar-refractivity contribution in [3.8, 4) is 5.75 Å². The first-order valence-electron chi connectivity index (χ1n) is 9.31. The predicted molar refractivity (Wildman–Crippen MR) is 121 cm³/mol. The molecule has 1 heterocycles. The van der Waals surface area contributed by atoms with Gasteiger partial charge in [-0.1, -0.05) is 17.7 Å². The van der Waals surface area contributed by atoms with Crippen molar-refractivity contribution < 1.29 is 22.3 Å². The van der Waals surface area contributed by atoms with Gasteiger partial charge in [0, 0.05) is 21.6 Å². The second kappa shape index (κ2) is 8.52. The predicted octanol–water partition coefficient (Wildman–Crippen LogP) is 5.02. The number of carbonyl (C=O) groups is 1. The largest absolute Gasteiger partial charge is 0.495 e. The monoisotopic (exact) mass is 473 g/mol. The maximum atomic E-state index is 13.1. The summed E-state index contributed by atoms with van der Waals surface area (Å²) in [7, 11) is -2.62. The fourth-order valence-electron chi connectivity index (χ4n) is 3.10.